The Labute approximate surface area is 225 Å². The molecule has 194 valence electrons. The van der Waals surface area contributed by atoms with Crippen LogP contribution in [0, 0.1) is 5.82 Å². The first-order valence-corrected chi connectivity index (χ1v) is 13.0. The fourth-order valence-electron chi connectivity index (χ4n) is 5.36. The van der Waals surface area contributed by atoms with Gasteiger partial charge in [-0.05, 0) is 77.9 Å². The van der Waals surface area contributed by atoms with E-state index in [1.807, 2.05) is 54.6 Å². The Balaban J connectivity index is 1.31. The summed E-state index contributed by atoms with van der Waals surface area (Å²) >= 11 is 0. The second kappa shape index (κ2) is 9.83. The fourth-order valence-corrected chi connectivity index (χ4v) is 5.36. The second-order valence-corrected chi connectivity index (χ2v) is 10.1. The van der Waals surface area contributed by atoms with Gasteiger partial charge in [0.1, 0.15) is 5.82 Å². The molecule has 0 bridgehead atoms. The molecular weight excluding hydrogens is 491 g/mol. The number of aromatic nitrogens is 2. The summed E-state index contributed by atoms with van der Waals surface area (Å²) in [7, 11) is 0. The number of rotatable bonds is 7. The number of nitrogens with two attached hydrogens (primary N) is 1. The zero-order valence-electron chi connectivity index (χ0n) is 21.2. The van der Waals surface area contributed by atoms with Crippen LogP contribution in [-0.2, 0) is 12.0 Å². The predicted octanol–water partition coefficient (Wildman–Crippen LogP) is 5.64. The second-order valence-electron chi connectivity index (χ2n) is 10.1. The Bertz CT molecular complexity index is 1690. The average molecular weight is 519 g/mol. The van der Waals surface area contributed by atoms with Crippen molar-refractivity contribution in [2.45, 2.75) is 31.2 Å². The van der Waals surface area contributed by atoms with Gasteiger partial charge in [0.2, 0.25) is 0 Å². The van der Waals surface area contributed by atoms with Crippen molar-refractivity contribution >= 4 is 17.3 Å². The van der Waals surface area contributed by atoms with Crippen LogP contribution in [0.2, 0.25) is 0 Å². The van der Waals surface area contributed by atoms with E-state index in [4.69, 9.17) is 5.73 Å². The highest BCUT2D eigenvalue weighted by Crippen LogP contribution is 2.41. The Kier molecular flexibility index (Phi) is 6.19. The summed E-state index contributed by atoms with van der Waals surface area (Å²) in [6.45, 7) is 0. The molecule has 2 aromatic heterocycles. The lowest BCUT2D eigenvalue weighted by Crippen LogP contribution is -2.50. The van der Waals surface area contributed by atoms with Gasteiger partial charge < -0.3 is 11.1 Å². The Morgan fingerprint density at radius 1 is 0.923 bits per heavy atom. The number of carbonyl (C=O) groups is 2. The number of nitrogens with zero attached hydrogens (tertiary/aromatic N) is 2. The molecule has 3 aromatic carbocycles. The van der Waals surface area contributed by atoms with Crippen molar-refractivity contribution < 1.29 is 14.0 Å². The summed E-state index contributed by atoms with van der Waals surface area (Å²) in [4.78, 5) is 25.8. The lowest BCUT2D eigenvalue weighted by atomic mass is 9.71. The third-order valence-corrected chi connectivity index (χ3v) is 7.58. The average Bonchev–Trinajstić information content (AvgIpc) is 3.29. The first-order valence-electron chi connectivity index (χ1n) is 13.0. The third kappa shape index (κ3) is 4.68. The minimum absolute atomic E-state index is 0.120. The van der Waals surface area contributed by atoms with Crippen molar-refractivity contribution in [3.63, 3.8) is 0 Å². The van der Waals surface area contributed by atoms with Crippen molar-refractivity contribution in [1.82, 2.24) is 14.9 Å². The molecule has 1 aliphatic carbocycles. The van der Waals surface area contributed by atoms with Crippen LogP contribution in [0.25, 0.3) is 16.6 Å². The van der Waals surface area contributed by atoms with Crippen molar-refractivity contribution in [1.29, 1.82) is 0 Å². The maximum Gasteiger partial charge on any atom is 0.252 e. The minimum Gasteiger partial charge on any atom is -0.365 e. The maximum atomic E-state index is 13.4. The van der Waals surface area contributed by atoms with E-state index in [0.29, 0.717) is 28.8 Å². The number of primary amides is 1. The molecule has 1 aliphatic rings. The number of hydrogen-bond donors (Lipinski definition) is 2. The largest absolute Gasteiger partial charge is 0.365 e. The smallest absolute Gasteiger partial charge is 0.252 e. The fraction of sp³-hybridized carbons (Fsp3) is 0.156. The van der Waals surface area contributed by atoms with E-state index in [1.165, 1.54) is 12.1 Å². The van der Waals surface area contributed by atoms with Crippen LogP contribution in [0.5, 0.6) is 0 Å². The molecule has 6 nitrogen and oxygen atoms in total. The van der Waals surface area contributed by atoms with Crippen LogP contribution in [0.4, 0.5) is 4.39 Å². The van der Waals surface area contributed by atoms with Gasteiger partial charge in [0.15, 0.2) is 0 Å². The molecule has 2 amide bonds. The van der Waals surface area contributed by atoms with Gasteiger partial charge in [-0.15, -0.1) is 0 Å². The summed E-state index contributed by atoms with van der Waals surface area (Å²) in [5.41, 5.74) is 11.0. The number of fused-ring (bicyclic) bond motifs is 1. The van der Waals surface area contributed by atoms with Crippen LogP contribution in [-0.4, -0.2) is 21.4 Å². The van der Waals surface area contributed by atoms with E-state index < -0.39 is 5.91 Å². The van der Waals surface area contributed by atoms with Gasteiger partial charge in [0.25, 0.3) is 11.8 Å². The number of nitrogens with one attached hydrogen (secondary N) is 1. The molecule has 1 saturated carbocycles. The summed E-state index contributed by atoms with van der Waals surface area (Å²) in [6.07, 6.45) is 5.02. The first kappa shape index (κ1) is 24.6. The van der Waals surface area contributed by atoms with Crippen LogP contribution in [0.3, 0.4) is 0 Å². The molecule has 0 unspecified atom stereocenters. The van der Waals surface area contributed by atoms with Gasteiger partial charge in [-0.1, -0.05) is 54.6 Å². The van der Waals surface area contributed by atoms with Gasteiger partial charge in [-0.2, -0.15) is 5.10 Å². The van der Waals surface area contributed by atoms with Crippen molar-refractivity contribution in [3.8, 4) is 11.1 Å². The van der Waals surface area contributed by atoms with Crippen molar-refractivity contribution in [2.75, 3.05) is 0 Å². The zero-order chi connectivity index (χ0) is 27.0. The maximum absolute atomic E-state index is 13.4. The SMILES string of the molecule is NC(=O)c1c(Cc2ccc(F)cc2)nn2ccc(-c3cccc(C(=O)NC4(c5ccccc5)CCC4)c3)cc12. The van der Waals surface area contributed by atoms with Gasteiger partial charge in [0, 0.05) is 18.2 Å². The predicted molar refractivity (Wildman–Crippen MR) is 148 cm³/mol. The monoisotopic (exact) mass is 518 g/mol. The molecule has 6 rings (SSSR count). The van der Waals surface area contributed by atoms with Crippen LogP contribution in [0.15, 0.2) is 97.2 Å². The topological polar surface area (TPSA) is 89.5 Å². The minimum atomic E-state index is -0.584. The third-order valence-electron chi connectivity index (χ3n) is 7.58. The van der Waals surface area contributed by atoms with Crippen LogP contribution >= 0.6 is 0 Å². The Morgan fingerprint density at radius 3 is 2.36 bits per heavy atom. The Hall–Kier alpha value is -4.78. The molecule has 5 aromatic rings. The van der Waals surface area contributed by atoms with Crippen LogP contribution < -0.4 is 11.1 Å². The van der Waals surface area contributed by atoms with Gasteiger partial charge in [-0.25, -0.2) is 8.91 Å². The normalized spacial score (nSPS) is 14.1. The molecule has 0 saturated heterocycles. The first-order chi connectivity index (χ1) is 18.9. The van der Waals surface area contributed by atoms with E-state index in [2.05, 4.69) is 22.5 Å². The number of pyridine rings is 1. The van der Waals surface area contributed by atoms with Crippen molar-refractivity contribution in [3.05, 3.63) is 131 Å². The standard InChI is InChI=1S/C32H27FN4O2/c33-26-12-10-21(11-13-26)18-27-29(30(34)38)28-20-23(14-17-37(28)36-27)22-6-4-7-24(19-22)31(39)35-32(15-5-16-32)25-8-2-1-3-9-25/h1-4,6-14,17,19-20H,5,15-16,18H2,(H2,34,38)(H,35,39). The molecule has 7 heteroatoms. The number of benzene rings is 3. The molecule has 3 N–H and O–H groups in total. The number of carbonyl (C=O) groups excluding carboxylic acids is 2. The number of amides is 2. The molecule has 2 heterocycles. The quantitative estimate of drug-likeness (QED) is 0.292. The van der Waals surface area contributed by atoms with Gasteiger partial charge in [-0.3, -0.25) is 9.59 Å². The number of halogens is 1. The molecule has 0 atom stereocenters. The molecule has 0 radical (unpaired) electrons. The zero-order valence-corrected chi connectivity index (χ0v) is 21.2. The highest BCUT2D eigenvalue weighted by Gasteiger charge is 2.40. The van der Waals surface area contributed by atoms with Gasteiger partial charge in [0.05, 0.1) is 22.3 Å². The molecule has 0 aliphatic heterocycles. The van der Waals surface area contributed by atoms with Crippen molar-refractivity contribution in [2.24, 2.45) is 5.73 Å². The summed E-state index contributed by atoms with van der Waals surface area (Å²) in [6, 6.07) is 27.4. The highest BCUT2D eigenvalue weighted by atomic mass is 19.1. The molecule has 0 spiro atoms. The summed E-state index contributed by atoms with van der Waals surface area (Å²) < 4.78 is 15.0. The molecule has 1 fully saturated rings. The molecular formula is C32H27FN4O2. The van der Waals surface area contributed by atoms with E-state index in [1.54, 1.807) is 22.8 Å². The lowest BCUT2D eigenvalue weighted by molar-refractivity contribution is 0.0823. The lowest BCUT2D eigenvalue weighted by Gasteiger charge is -2.43. The molecule has 39 heavy (non-hydrogen) atoms. The van der Waals surface area contributed by atoms with E-state index in [9.17, 15) is 14.0 Å². The number of hydrogen-bond acceptors (Lipinski definition) is 3. The van der Waals surface area contributed by atoms with Gasteiger partial charge >= 0.3 is 0 Å². The summed E-state index contributed by atoms with van der Waals surface area (Å²) in [5, 5.41) is 7.86. The summed E-state index contributed by atoms with van der Waals surface area (Å²) in [5.74, 6) is -1.03. The van der Waals surface area contributed by atoms with E-state index >= 15 is 0 Å². The van der Waals surface area contributed by atoms with E-state index in [0.717, 1.165) is 41.5 Å². The highest BCUT2D eigenvalue weighted by molar-refractivity contribution is 6.02. The van der Waals surface area contributed by atoms with E-state index in [-0.39, 0.29) is 17.3 Å². The Morgan fingerprint density at radius 2 is 1.67 bits per heavy atom. The van der Waals surface area contributed by atoms with Crippen LogP contribution in [0.1, 0.15) is 56.8 Å².